The number of carbonyl (C=O) groups is 1. The number of hydrogen-bond acceptors (Lipinski definition) is 7. The summed E-state index contributed by atoms with van der Waals surface area (Å²) in [7, 11) is 7.85. The van der Waals surface area contributed by atoms with Crippen molar-refractivity contribution in [3.8, 4) is 17.0 Å². The Labute approximate surface area is 234 Å². The van der Waals surface area contributed by atoms with Crippen LogP contribution in [0.25, 0.3) is 22.2 Å². The molecule has 0 unspecified atom stereocenters. The third kappa shape index (κ3) is 5.55. The summed E-state index contributed by atoms with van der Waals surface area (Å²) < 4.78 is 7.89. The zero-order valence-electron chi connectivity index (χ0n) is 23.4. The smallest absolute Gasteiger partial charge is 0.248 e. The Morgan fingerprint density at radius 2 is 2.02 bits per heavy atom. The molecule has 2 N–H and O–H groups in total. The van der Waals surface area contributed by atoms with Gasteiger partial charge in [-0.15, -0.1) is 0 Å². The van der Waals surface area contributed by atoms with E-state index in [0.29, 0.717) is 29.1 Å². The average Bonchev–Trinajstić information content (AvgIpc) is 3.58. The van der Waals surface area contributed by atoms with Crippen molar-refractivity contribution in [3.63, 3.8) is 0 Å². The summed E-state index contributed by atoms with van der Waals surface area (Å²) in [5.41, 5.74) is 5.18. The summed E-state index contributed by atoms with van der Waals surface area (Å²) in [6.45, 7) is 5.38. The minimum Gasteiger partial charge on any atom is -0.494 e. The molecule has 1 aliphatic heterocycles. The van der Waals surface area contributed by atoms with Gasteiger partial charge in [0, 0.05) is 67.2 Å². The van der Waals surface area contributed by atoms with Crippen LogP contribution in [-0.4, -0.2) is 65.7 Å². The lowest BCUT2D eigenvalue weighted by atomic mass is 10.1. The average molecular weight is 538 g/mol. The standard InChI is InChI=1S/C31H35N7O2/c1-6-7-12-30(39)33-25-17-26(29(40-5)18-28(25)38-16-14-21(19-38)36(2)3)35-31-32-15-13-24(34-31)23-20-37(4)27-11-9-8-10-22(23)27/h6-13,15,17-18,20-21H,1,14,16,19H2,2-5H3,(H,33,39)(H,32,34,35)/b12-7+/t21-/m1/s1. The summed E-state index contributed by atoms with van der Waals surface area (Å²) in [5.74, 6) is 0.811. The molecule has 0 bridgehead atoms. The van der Waals surface area contributed by atoms with Crippen LogP contribution in [0.4, 0.5) is 23.0 Å². The Balaban J connectivity index is 1.51. The van der Waals surface area contributed by atoms with Crippen LogP contribution in [-0.2, 0) is 11.8 Å². The van der Waals surface area contributed by atoms with E-state index in [4.69, 9.17) is 9.72 Å². The maximum Gasteiger partial charge on any atom is 0.248 e. The molecule has 1 fully saturated rings. The number of nitrogens with one attached hydrogen (secondary N) is 2. The molecule has 2 aromatic heterocycles. The summed E-state index contributed by atoms with van der Waals surface area (Å²) in [4.78, 5) is 26.5. The number of anilines is 4. The number of aryl methyl sites for hydroxylation is 1. The number of rotatable bonds is 9. The SMILES string of the molecule is C=C/C=C/C(=O)Nc1cc(Nc2nccc(-c3cn(C)c4ccccc34)n2)c(OC)cc1N1CC[C@@H](N(C)C)C1. The van der Waals surface area contributed by atoms with E-state index in [-0.39, 0.29) is 5.91 Å². The monoisotopic (exact) mass is 537 g/mol. The Morgan fingerprint density at radius 1 is 1.20 bits per heavy atom. The predicted octanol–water partition coefficient (Wildman–Crippen LogP) is 5.21. The molecule has 5 rings (SSSR count). The first-order valence-corrected chi connectivity index (χ1v) is 13.3. The second-order valence-corrected chi connectivity index (χ2v) is 10.1. The molecule has 0 saturated carbocycles. The molecule has 3 heterocycles. The van der Waals surface area contributed by atoms with Crippen LogP contribution >= 0.6 is 0 Å². The molecule has 2 aromatic carbocycles. The predicted molar refractivity (Wildman–Crippen MR) is 162 cm³/mol. The number of nitrogens with zero attached hydrogens (tertiary/aromatic N) is 5. The maximum atomic E-state index is 12.7. The highest BCUT2D eigenvalue weighted by Crippen LogP contribution is 2.40. The van der Waals surface area contributed by atoms with Crippen LogP contribution in [0.15, 0.2) is 79.7 Å². The number of aromatic nitrogens is 3. The van der Waals surface area contributed by atoms with Crippen molar-refractivity contribution >= 4 is 39.8 Å². The van der Waals surface area contributed by atoms with Gasteiger partial charge in [0.25, 0.3) is 0 Å². The Hall–Kier alpha value is -4.63. The van der Waals surface area contributed by atoms with E-state index in [1.54, 1.807) is 25.5 Å². The lowest BCUT2D eigenvalue weighted by molar-refractivity contribution is -0.111. The van der Waals surface area contributed by atoms with Gasteiger partial charge in [-0.25, -0.2) is 9.97 Å². The van der Waals surface area contributed by atoms with Gasteiger partial charge < -0.3 is 29.7 Å². The first-order chi connectivity index (χ1) is 19.4. The van der Waals surface area contributed by atoms with Crippen molar-refractivity contribution in [1.82, 2.24) is 19.4 Å². The fourth-order valence-electron chi connectivity index (χ4n) is 5.14. The molecule has 0 spiro atoms. The number of allylic oxidation sites excluding steroid dienone is 2. The normalized spacial score (nSPS) is 15.2. The topological polar surface area (TPSA) is 87.5 Å². The van der Waals surface area contributed by atoms with Crippen molar-refractivity contribution in [2.45, 2.75) is 12.5 Å². The molecule has 206 valence electrons. The number of para-hydroxylation sites is 1. The van der Waals surface area contributed by atoms with Crippen LogP contribution in [0, 0.1) is 0 Å². The number of methoxy groups -OCH3 is 1. The highest BCUT2D eigenvalue weighted by molar-refractivity contribution is 6.02. The van der Waals surface area contributed by atoms with Gasteiger partial charge in [0.05, 0.1) is 29.9 Å². The minimum absolute atomic E-state index is 0.241. The van der Waals surface area contributed by atoms with E-state index < -0.39 is 0 Å². The second kappa shape index (κ2) is 11.6. The molecule has 40 heavy (non-hydrogen) atoms. The van der Waals surface area contributed by atoms with Crippen molar-refractivity contribution in [1.29, 1.82) is 0 Å². The molecular formula is C31H35N7O2. The fourth-order valence-corrected chi connectivity index (χ4v) is 5.14. The molecule has 1 amide bonds. The van der Waals surface area contributed by atoms with Gasteiger partial charge in [-0.2, -0.15) is 0 Å². The molecule has 0 aliphatic carbocycles. The highest BCUT2D eigenvalue weighted by Gasteiger charge is 2.27. The van der Waals surface area contributed by atoms with Crippen molar-refractivity contribution < 1.29 is 9.53 Å². The van der Waals surface area contributed by atoms with E-state index in [0.717, 1.165) is 47.4 Å². The van der Waals surface area contributed by atoms with Gasteiger partial charge in [-0.1, -0.05) is 36.9 Å². The fraction of sp³-hybridized carbons (Fsp3) is 0.258. The van der Waals surface area contributed by atoms with Gasteiger partial charge >= 0.3 is 0 Å². The highest BCUT2D eigenvalue weighted by atomic mass is 16.5. The van der Waals surface area contributed by atoms with Gasteiger partial charge in [0.15, 0.2) is 0 Å². The van der Waals surface area contributed by atoms with Crippen LogP contribution in [0.2, 0.25) is 0 Å². The van der Waals surface area contributed by atoms with Crippen molar-refractivity contribution in [2.75, 3.05) is 49.8 Å². The third-order valence-corrected chi connectivity index (χ3v) is 7.27. The second-order valence-electron chi connectivity index (χ2n) is 10.1. The van der Waals surface area contributed by atoms with Crippen LogP contribution in [0.3, 0.4) is 0 Å². The molecule has 0 radical (unpaired) electrons. The number of fused-ring (bicyclic) bond motifs is 1. The Kier molecular flexibility index (Phi) is 7.84. The largest absolute Gasteiger partial charge is 0.494 e. The lowest BCUT2D eigenvalue weighted by Crippen LogP contribution is -2.31. The number of amides is 1. The molecule has 1 atom stereocenters. The minimum atomic E-state index is -0.241. The van der Waals surface area contributed by atoms with E-state index in [1.165, 1.54) is 6.08 Å². The summed E-state index contributed by atoms with van der Waals surface area (Å²) >= 11 is 0. The van der Waals surface area contributed by atoms with E-state index in [9.17, 15) is 4.79 Å². The molecule has 1 aliphatic rings. The van der Waals surface area contributed by atoms with Gasteiger partial charge in [-0.3, -0.25) is 4.79 Å². The summed E-state index contributed by atoms with van der Waals surface area (Å²) in [6, 6.07) is 14.4. The Morgan fingerprint density at radius 3 is 2.77 bits per heavy atom. The summed E-state index contributed by atoms with van der Waals surface area (Å²) in [6.07, 6.45) is 9.49. The van der Waals surface area contributed by atoms with Crippen LogP contribution in [0.5, 0.6) is 5.75 Å². The van der Waals surface area contributed by atoms with Crippen molar-refractivity contribution in [2.24, 2.45) is 7.05 Å². The van der Waals surface area contributed by atoms with E-state index >= 15 is 0 Å². The van der Waals surface area contributed by atoms with Crippen LogP contribution < -0.4 is 20.3 Å². The maximum absolute atomic E-state index is 12.7. The van der Waals surface area contributed by atoms with E-state index in [1.807, 2.05) is 37.4 Å². The zero-order chi connectivity index (χ0) is 28.2. The molecule has 9 heteroatoms. The zero-order valence-corrected chi connectivity index (χ0v) is 23.4. The van der Waals surface area contributed by atoms with Crippen molar-refractivity contribution in [3.05, 3.63) is 79.7 Å². The van der Waals surface area contributed by atoms with Gasteiger partial charge in [0.2, 0.25) is 11.9 Å². The number of likely N-dealkylation sites (N-methyl/N-ethyl adjacent to an activating group) is 1. The summed E-state index contributed by atoms with van der Waals surface area (Å²) in [5, 5.41) is 7.48. The van der Waals surface area contributed by atoms with Gasteiger partial charge in [0.1, 0.15) is 5.75 Å². The molecular weight excluding hydrogens is 502 g/mol. The van der Waals surface area contributed by atoms with Gasteiger partial charge in [-0.05, 0) is 38.7 Å². The number of hydrogen-bond donors (Lipinski definition) is 2. The van der Waals surface area contributed by atoms with E-state index in [2.05, 4.69) is 69.0 Å². The number of benzene rings is 2. The quantitative estimate of drug-likeness (QED) is 0.224. The molecule has 4 aromatic rings. The third-order valence-electron chi connectivity index (χ3n) is 7.27. The molecule has 9 nitrogen and oxygen atoms in total. The molecule has 1 saturated heterocycles. The number of ether oxygens (including phenoxy) is 1. The number of carbonyl (C=O) groups excluding carboxylic acids is 1. The lowest BCUT2D eigenvalue weighted by Gasteiger charge is -2.25. The van der Waals surface area contributed by atoms with Crippen LogP contribution in [0.1, 0.15) is 6.42 Å². The Bertz CT molecular complexity index is 1570. The first kappa shape index (κ1) is 27.0. The first-order valence-electron chi connectivity index (χ1n) is 13.3.